The van der Waals surface area contributed by atoms with Crippen molar-refractivity contribution in [1.29, 1.82) is 0 Å². The molecule has 0 fully saturated rings. The van der Waals surface area contributed by atoms with Crippen molar-refractivity contribution in [1.82, 2.24) is 10.6 Å². The van der Waals surface area contributed by atoms with Crippen molar-refractivity contribution in [2.24, 2.45) is 0 Å². The molecule has 0 atom stereocenters. The van der Waals surface area contributed by atoms with Crippen LogP contribution in [0.3, 0.4) is 0 Å². The molecule has 0 heterocycles. The van der Waals surface area contributed by atoms with Crippen LogP contribution < -0.4 is 14.9 Å². The molecule has 2 rings (SSSR count). The van der Waals surface area contributed by atoms with Gasteiger partial charge >= 0.3 is 12.0 Å². The van der Waals surface area contributed by atoms with E-state index in [1.54, 1.807) is 45.0 Å². The maximum Gasteiger partial charge on any atom is 0.338 e. The minimum Gasteiger partial charge on any atom is -0.452 e. The van der Waals surface area contributed by atoms with Crippen molar-refractivity contribution in [2.45, 2.75) is 38.1 Å². The second-order valence-corrected chi connectivity index (χ2v) is 10.1. The first-order valence-corrected chi connectivity index (χ1v) is 11.2. The van der Waals surface area contributed by atoms with Crippen LogP contribution >= 0.6 is 0 Å². The molecule has 2 aromatic carbocycles. The Bertz CT molecular complexity index is 1110. The average Bonchev–Trinajstić information content (AvgIpc) is 2.70. The number of anilines is 1. The molecule has 0 saturated heterocycles. The van der Waals surface area contributed by atoms with Gasteiger partial charge in [0.25, 0.3) is 15.9 Å². The minimum atomic E-state index is -3.93. The molecule has 2 N–H and O–H groups in total. The van der Waals surface area contributed by atoms with Crippen LogP contribution in [0.25, 0.3) is 0 Å². The molecule has 0 saturated carbocycles. The average molecular weight is 462 g/mol. The Kier molecular flexibility index (Phi) is 7.63. The number of hydrogen-bond donors (Lipinski definition) is 2. The number of benzene rings is 2. The van der Waals surface area contributed by atoms with Gasteiger partial charge in [-0.25, -0.2) is 18.0 Å². The van der Waals surface area contributed by atoms with Gasteiger partial charge in [0.05, 0.1) is 16.1 Å². The lowest BCUT2D eigenvalue weighted by Gasteiger charge is -2.20. The highest BCUT2D eigenvalue weighted by Gasteiger charge is 2.23. The first kappa shape index (κ1) is 24.9. The largest absolute Gasteiger partial charge is 0.452 e. The van der Waals surface area contributed by atoms with Gasteiger partial charge in [0.15, 0.2) is 6.61 Å². The van der Waals surface area contributed by atoms with Crippen LogP contribution in [0.15, 0.2) is 53.4 Å². The highest BCUT2D eigenvalue weighted by atomic mass is 32.2. The molecule has 9 nitrogen and oxygen atoms in total. The first-order chi connectivity index (χ1) is 14.8. The summed E-state index contributed by atoms with van der Waals surface area (Å²) < 4.78 is 31.9. The van der Waals surface area contributed by atoms with E-state index in [-0.39, 0.29) is 10.5 Å². The number of esters is 1. The number of nitrogens with one attached hydrogen (secondary N) is 2. The molecule has 172 valence electrons. The first-order valence-electron chi connectivity index (χ1n) is 9.74. The number of urea groups is 1. The van der Waals surface area contributed by atoms with Crippen LogP contribution in [-0.2, 0) is 19.6 Å². The van der Waals surface area contributed by atoms with Gasteiger partial charge in [-0.15, -0.1) is 0 Å². The van der Waals surface area contributed by atoms with Crippen LogP contribution in [0, 0.1) is 6.92 Å². The van der Waals surface area contributed by atoms with Crippen LogP contribution in [0.5, 0.6) is 0 Å². The molecule has 2 aromatic rings. The molecule has 10 heteroatoms. The van der Waals surface area contributed by atoms with Crippen LogP contribution in [-0.4, -0.2) is 45.5 Å². The van der Waals surface area contributed by atoms with E-state index in [0.29, 0.717) is 5.69 Å². The summed E-state index contributed by atoms with van der Waals surface area (Å²) in [5.41, 5.74) is 0.868. The van der Waals surface area contributed by atoms with Crippen molar-refractivity contribution in [3.63, 3.8) is 0 Å². The standard InChI is InChI=1S/C22H27N3O6S/c1-15-9-11-17(12-10-15)25(5)32(29,30)18-8-6-7-16(13-18)20(27)31-14-19(26)23-21(28)24-22(2,3)4/h6-13H,14H2,1-5H3,(H2,23,24,26,28). The number of hydrogen-bond acceptors (Lipinski definition) is 6. The fourth-order valence-corrected chi connectivity index (χ4v) is 3.83. The van der Waals surface area contributed by atoms with Gasteiger partial charge in [0, 0.05) is 12.6 Å². The summed E-state index contributed by atoms with van der Waals surface area (Å²) in [6.45, 7) is 6.43. The zero-order valence-corrected chi connectivity index (χ0v) is 19.4. The zero-order chi connectivity index (χ0) is 24.1. The summed E-state index contributed by atoms with van der Waals surface area (Å²) in [4.78, 5) is 35.7. The van der Waals surface area contributed by atoms with E-state index >= 15 is 0 Å². The lowest BCUT2D eigenvalue weighted by Crippen LogP contribution is -2.49. The molecule has 0 aliphatic heterocycles. The van der Waals surface area contributed by atoms with E-state index in [9.17, 15) is 22.8 Å². The molecule has 32 heavy (non-hydrogen) atoms. The second kappa shape index (κ2) is 9.82. The van der Waals surface area contributed by atoms with Gasteiger partial charge in [-0.2, -0.15) is 0 Å². The number of imide groups is 1. The van der Waals surface area contributed by atoms with E-state index in [1.807, 2.05) is 12.2 Å². The molecular weight excluding hydrogens is 434 g/mol. The Morgan fingerprint density at radius 2 is 1.66 bits per heavy atom. The molecule has 0 bridgehead atoms. The lowest BCUT2D eigenvalue weighted by molar-refractivity contribution is -0.123. The zero-order valence-electron chi connectivity index (χ0n) is 18.6. The number of carbonyl (C=O) groups excluding carboxylic acids is 3. The van der Waals surface area contributed by atoms with E-state index in [0.717, 1.165) is 9.87 Å². The number of rotatable bonds is 6. The molecule has 0 spiro atoms. The van der Waals surface area contributed by atoms with Gasteiger partial charge in [0.2, 0.25) is 0 Å². The lowest BCUT2D eigenvalue weighted by atomic mass is 10.1. The summed E-state index contributed by atoms with van der Waals surface area (Å²) in [5, 5.41) is 4.59. The smallest absolute Gasteiger partial charge is 0.338 e. The Labute approximate surface area is 187 Å². The number of nitrogens with zero attached hydrogens (tertiary/aromatic N) is 1. The fourth-order valence-electron chi connectivity index (χ4n) is 2.58. The summed E-state index contributed by atoms with van der Waals surface area (Å²) in [6, 6.07) is 11.5. The van der Waals surface area contributed by atoms with Gasteiger partial charge in [-0.1, -0.05) is 23.8 Å². The molecule has 0 unspecified atom stereocenters. The number of sulfonamides is 1. The van der Waals surface area contributed by atoms with Gasteiger partial charge in [-0.3, -0.25) is 14.4 Å². The van der Waals surface area contributed by atoms with Crippen molar-refractivity contribution in [3.8, 4) is 0 Å². The summed E-state index contributed by atoms with van der Waals surface area (Å²) in [5.74, 6) is -1.71. The van der Waals surface area contributed by atoms with Crippen LogP contribution in [0.2, 0.25) is 0 Å². The van der Waals surface area contributed by atoms with Crippen molar-refractivity contribution >= 4 is 33.6 Å². The molecule has 3 amide bonds. The minimum absolute atomic E-state index is 0.0460. The Hall–Kier alpha value is -3.40. The predicted molar refractivity (Wildman–Crippen MR) is 120 cm³/mol. The predicted octanol–water partition coefficient (Wildman–Crippen LogP) is 2.60. The second-order valence-electron chi connectivity index (χ2n) is 8.16. The number of carbonyl (C=O) groups is 3. The van der Waals surface area contributed by atoms with Crippen LogP contribution in [0.4, 0.5) is 10.5 Å². The van der Waals surface area contributed by atoms with Gasteiger partial charge in [-0.05, 0) is 58.0 Å². The molecular formula is C22H27N3O6S. The van der Waals surface area contributed by atoms with Gasteiger partial charge < -0.3 is 10.1 Å². The Morgan fingerprint density at radius 3 is 2.25 bits per heavy atom. The normalized spacial score (nSPS) is 11.4. The Morgan fingerprint density at radius 1 is 1.03 bits per heavy atom. The summed E-state index contributed by atoms with van der Waals surface area (Å²) in [6.07, 6.45) is 0. The topological polar surface area (TPSA) is 122 Å². The third-order valence-corrected chi connectivity index (χ3v) is 5.98. The van der Waals surface area contributed by atoms with Crippen molar-refractivity contribution in [2.75, 3.05) is 18.0 Å². The Balaban J connectivity index is 2.06. The number of ether oxygens (including phenoxy) is 1. The highest BCUT2D eigenvalue weighted by molar-refractivity contribution is 7.92. The van der Waals surface area contributed by atoms with Crippen molar-refractivity contribution < 1.29 is 27.5 Å². The van der Waals surface area contributed by atoms with Crippen LogP contribution in [0.1, 0.15) is 36.7 Å². The monoisotopic (exact) mass is 461 g/mol. The highest BCUT2D eigenvalue weighted by Crippen LogP contribution is 2.23. The van der Waals surface area contributed by atoms with E-state index in [4.69, 9.17) is 4.74 Å². The summed E-state index contributed by atoms with van der Waals surface area (Å²) >= 11 is 0. The molecule has 0 aliphatic rings. The maximum absolute atomic E-state index is 13.0. The number of aryl methyl sites for hydroxylation is 1. The summed E-state index contributed by atoms with van der Waals surface area (Å²) in [7, 11) is -2.52. The third-order valence-electron chi connectivity index (χ3n) is 4.20. The van der Waals surface area contributed by atoms with Gasteiger partial charge in [0.1, 0.15) is 0 Å². The fraction of sp³-hybridized carbons (Fsp3) is 0.318. The molecule has 0 aliphatic carbocycles. The quantitative estimate of drug-likeness (QED) is 0.638. The molecule has 0 aromatic heterocycles. The van der Waals surface area contributed by atoms with Crippen molar-refractivity contribution in [3.05, 3.63) is 59.7 Å². The maximum atomic E-state index is 13.0. The number of amides is 3. The van der Waals surface area contributed by atoms with E-state index in [2.05, 4.69) is 5.32 Å². The van der Waals surface area contributed by atoms with E-state index in [1.165, 1.54) is 31.3 Å². The third kappa shape index (κ3) is 6.81. The SMILES string of the molecule is Cc1ccc(N(C)S(=O)(=O)c2cccc(C(=O)OCC(=O)NC(=O)NC(C)(C)C)c2)cc1. The van der Waals surface area contributed by atoms with E-state index < -0.39 is 40.1 Å². The molecule has 0 radical (unpaired) electrons.